The molecule has 1 heterocycles. The number of carbonyl (C=O) groups is 1. The van der Waals surface area contributed by atoms with E-state index in [4.69, 9.17) is 23.2 Å². The first kappa shape index (κ1) is 21.8. The highest BCUT2D eigenvalue weighted by molar-refractivity contribution is 6.36. The molecule has 3 rings (SSSR count). The van der Waals surface area contributed by atoms with E-state index in [1.807, 2.05) is 24.5 Å². The summed E-state index contributed by atoms with van der Waals surface area (Å²) in [4.78, 5) is 22.7. The molecule has 0 bridgehead atoms. The lowest BCUT2D eigenvalue weighted by molar-refractivity contribution is -0.683. The van der Waals surface area contributed by atoms with Gasteiger partial charge in [-0.25, -0.2) is 0 Å². The summed E-state index contributed by atoms with van der Waals surface area (Å²) in [7, 11) is 0. The van der Waals surface area contributed by atoms with Crippen molar-refractivity contribution in [3.05, 3.63) is 104 Å². The van der Waals surface area contributed by atoms with E-state index in [1.54, 1.807) is 34.9 Å². The van der Waals surface area contributed by atoms with Gasteiger partial charge in [-0.3, -0.25) is 14.9 Å². The van der Waals surface area contributed by atoms with Gasteiger partial charge in [0.25, 0.3) is 5.69 Å². The number of hydrogen-bond donors (Lipinski definition) is 0. The van der Waals surface area contributed by atoms with E-state index in [0.717, 1.165) is 11.1 Å². The number of non-ortho nitro benzene ring substituents is 1. The lowest BCUT2D eigenvalue weighted by atomic mass is 10.1. The van der Waals surface area contributed by atoms with Crippen molar-refractivity contribution in [3.63, 3.8) is 0 Å². The first-order valence-electron chi connectivity index (χ1n) is 8.12. The highest BCUT2D eigenvalue weighted by atomic mass is 35.5. The van der Waals surface area contributed by atoms with Gasteiger partial charge in [0.2, 0.25) is 12.3 Å². The minimum Gasteiger partial charge on any atom is -0.287 e. The topological polar surface area (TPSA) is 64.1 Å². The van der Waals surface area contributed by atoms with Gasteiger partial charge >= 0.3 is 0 Å². The molecular weight excluding hydrogens is 423 g/mol. The van der Waals surface area contributed by atoms with Crippen LogP contribution in [0.4, 0.5) is 5.69 Å². The Labute approximate surface area is 178 Å². The van der Waals surface area contributed by atoms with Crippen LogP contribution in [0, 0.1) is 10.1 Å². The summed E-state index contributed by atoms with van der Waals surface area (Å²) in [6.45, 7) is 0.166. The molecule has 8 heteroatoms. The fourth-order valence-electron chi connectivity index (χ4n) is 2.65. The Morgan fingerprint density at radius 3 is 2.14 bits per heavy atom. The van der Waals surface area contributed by atoms with Crippen LogP contribution < -0.4 is 4.57 Å². The van der Waals surface area contributed by atoms with E-state index in [9.17, 15) is 14.9 Å². The number of nitro benzene ring substituents is 1. The number of rotatable bonds is 6. The van der Waals surface area contributed by atoms with Crippen molar-refractivity contribution in [1.29, 1.82) is 0 Å². The molecule has 0 aliphatic carbocycles. The molecule has 0 unspecified atom stereocenters. The second-order valence-corrected chi connectivity index (χ2v) is 6.87. The van der Waals surface area contributed by atoms with Gasteiger partial charge in [-0.1, -0.05) is 35.3 Å². The first-order valence-corrected chi connectivity index (χ1v) is 8.87. The highest BCUT2D eigenvalue weighted by Crippen LogP contribution is 2.21. The fourth-order valence-corrected chi connectivity index (χ4v) is 3.16. The standard InChI is InChI=1S/C20H15Cl2N2O3.ClH/c21-16-3-6-18(19(22)12-16)20(25)13-23-9-7-15(8-10-23)11-14-1-4-17(5-2-14)24(26)27;/h1-10,12H,11,13H2;1H/q+1;. The summed E-state index contributed by atoms with van der Waals surface area (Å²) in [5.41, 5.74) is 2.52. The Balaban J connectivity index is 0.00000280. The third-order valence-corrected chi connectivity index (χ3v) is 4.62. The normalized spacial score (nSPS) is 10.2. The monoisotopic (exact) mass is 437 g/mol. The molecule has 0 amide bonds. The number of benzene rings is 2. The van der Waals surface area contributed by atoms with Gasteiger partial charge in [0.1, 0.15) is 0 Å². The van der Waals surface area contributed by atoms with Gasteiger partial charge in [-0.2, -0.15) is 4.57 Å². The van der Waals surface area contributed by atoms with Crippen molar-refractivity contribution in [2.75, 3.05) is 0 Å². The van der Waals surface area contributed by atoms with Crippen LogP contribution in [0.3, 0.4) is 0 Å². The van der Waals surface area contributed by atoms with Gasteiger partial charge in [-0.15, -0.1) is 12.4 Å². The molecule has 0 saturated heterocycles. The van der Waals surface area contributed by atoms with Crippen molar-refractivity contribution in [1.82, 2.24) is 0 Å². The molecule has 0 saturated carbocycles. The van der Waals surface area contributed by atoms with Crippen LogP contribution in [0.15, 0.2) is 67.0 Å². The third kappa shape index (κ3) is 5.52. The molecule has 1 aromatic heterocycles. The van der Waals surface area contributed by atoms with Crippen molar-refractivity contribution in [2.24, 2.45) is 0 Å². The molecule has 5 nitrogen and oxygen atoms in total. The number of aromatic nitrogens is 1. The molecule has 0 radical (unpaired) electrons. The Hall–Kier alpha value is -2.47. The van der Waals surface area contributed by atoms with E-state index in [1.165, 1.54) is 12.1 Å². The second-order valence-electron chi connectivity index (χ2n) is 6.03. The van der Waals surface area contributed by atoms with Crippen LogP contribution in [0.5, 0.6) is 0 Å². The average Bonchev–Trinajstić information content (AvgIpc) is 2.63. The van der Waals surface area contributed by atoms with Crippen LogP contribution >= 0.6 is 35.6 Å². The molecule has 0 aliphatic rings. The van der Waals surface area contributed by atoms with E-state index < -0.39 is 4.92 Å². The predicted molar refractivity (Wildman–Crippen MR) is 111 cm³/mol. The Kier molecular flexibility index (Phi) is 7.52. The molecule has 2 aromatic carbocycles. The zero-order valence-electron chi connectivity index (χ0n) is 14.5. The average molecular weight is 439 g/mol. The number of hydrogen-bond acceptors (Lipinski definition) is 3. The molecule has 0 fully saturated rings. The summed E-state index contributed by atoms with van der Waals surface area (Å²) < 4.78 is 1.77. The fraction of sp³-hybridized carbons (Fsp3) is 0.100. The number of halogens is 3. The Morgan fingerprint density at radius 2 is 1.57 bits per heavy atom. The highest BCUT2D eigenvalue weighted by Gasteiger charge is 2.15. The molecule has 0 atom stereocenters. The van der Waals surface area contributed by atoms with Crippen LogP contribution in [0.2, 0.25) is 10.0 Å². The van der Waals surface area contributed by atoms with E-state index in [2.05, 4.69) is 0 Å². The summed E-state index contributed by atoms with van der Waals surface area (Å²) in [6.07, 6.45) is 4.29. The molecule has 0 N–H and O–H groups in total. The number of carbonyl (C=O) groups excluding carboxylic acids is 1. The van der Waals surface area contributed by atoms with E-state index in [-0.39, 0.29) is 30.4 Å². The van der Waals surface area contributed by atoms with Crippen molar-refractivity contribution in [3.8, 4) is 0 Å². The minimum absolute atomic E-state index is 0. The Bertz CT molecular complexity index is 991. The summed E-state index contributed by atoms with van der Waals surface area (Å²) >= 11 is 11.9. The van der Waals surface area contributed by atoms with Crippen molar-refractivity contribution < 1.29 is 14.3 Å². The van der Waals surface area contributed by atoms with Gasteiger partial charge in [0.05, 0.1) is 9.95 Å². The predicted octanol–water partition coefficient (Wildman–Crippen LogP) is 5.08. The molecule has 3 aromatic rings. The number of ketones is 1. The van der Waals surface area contributed by atoms with E-state index >= 15 is 0 Å². The third-order valence-electron chi connectivity index (χ3n) is 4.07. The largest absolute Gasteiger partial charge is 0.287 e. The Morgan fingerprint density at radius 1 is 0.964 bits per heavy atom. The van der Waals surface area contributed by atoms with Crippen molar-refractivity contribution >= 4 is 47.1 Å². The lowest BCUT2D eigenvalue weighted by Gasteiger charge is -2.03. The molecule has 28 heavy (non-hydrogen) atoms. The summed E-state index contributed by atoms with van der Waals surface area (Å²) in [5.74, 6) is -0.107. The maximum atomic E-state index is 12.4. The van der Waals surface area contributed by atoms with Crippen molar-refractivity contribution in [2.45, 2.75) is 13.0 Å². The second kappa shape index (κ2) is 9.64. The molecule has 144 valence electrons. The zero-order chi connectivity index (χ0) is 19.4. The number of nitro groups is 1. The molecule has 0 aliphatic heterocycles. The summed E-state index contributed by atoms with van der Waals surface area (Å²) in [6, 6.07) is 15.1. The minimum atomic E-state index is -0.417. The number of Topliss-reactive ketones (excluding diaryl/α,β-unsaturated/α-hetero) is 1. The van der Waals surface area contributed by atoms with Crippen LogP contribution in [-0.4, -0.2) is 10.7 Å². The smallest absolute Gasteiger partial charge is 0.269 e. The quantitative estimate of drug-likeness (QED) is 0.233. The van der Waals surface area contributed by atoms with Crippen LogP contribution in [0.1, 0.15) is 21.5 Å². The SMILES string of the molecule is Cl.O=C(C[n+]1ccc(Cc2ccc([N+](=O)[O-])cc2)cc1)c1ccc(Cl)cc1Cl. The maximum Gasteiger partial charge on any atom is 0.269 e. The number of nitrogens with zero attached hydrogens (tertiary/aromatic N) is 2. The van der Waals surface area contributed by atoms with Gasteiger partial charge in [0, 0.05) is 34.9 Å². The zero-order valence-corrected chi connectivity index (χ0v) is 16.9. The summed E-state index contributed by atoms with van der Waals surface area (Å²) in [5, 5.41) is 11.5. The van der Waals surface area contributed by atoms with Gasteiger partial charge in [-0.05, 0) is 35.7 Å². The van der Waals surface area contributed by atoms with Gasteiger partial charge < -0.3 is 0 Å². The lowest BCUT2D eigenvalue weighted by Crippen LogP contribution is -2.37. The molecular formula is C20H16Cl3N2O3+. The molecule has 0 spiro atoms. The van der Waals surface area contributed by atoms with Crippen LogP contribution in [-0.2, 0) is 13.0 Å². The van der Waals surface area contributed by atoms with Crippen LogP contribution in [0.25, 0.3) is 0 Å². The maximum absolute atomic E-state index is 12.4. The number of pyridine rings is 1. The first-order chi connectivity index (χ1) is 12.9. The van der Waals surface area contributed by atoms with E-state index in [0.29, 0.717) is 22.0 Å². The van der Waals surface area contributed by atoms with Gasteiger partial charge in [0.15, 0.2) is 12.4 Å².